The Balaban J connectivity index is 1.74. The van der Waals surface area contributed by atoms with Gasteiger partial charge in [0.05, 0.1) is 0 Å². The molecule has 0 aromatic heterocycles. The van der Waals surface area contributed by atoms with Gasteiger partial charge in [0.15, 0.2) is 0 Å². The number of halogens is 1. The van der Waals surface area contributed by atoms with Gasteiger partial charge in [-0.1, -0.05) is 18.2 Å². The minimum atomic E-state index is -0.0739. The van der Waals surface area contributed by atoms with Gasteiger partial charge in [-0.2, -0.15) is 0 Å². The predicted molar refractivity (Wildman–Crippen MR) is 75.5 cm³/mol. The van der Waals surface area contributed by atoms with Crippen LogP contribution in [0.4, 0.5) is 4.39 Å². The van der Waals surface area contributed by atoms with E-state index in [-0.39, 0.29) is 11.9 Å². The van der Waals surface area contributed by atoms with Crippen molar-refractivity contribution in [1.82, 2.24) is 10.2 Å². The Morgan fingerprint density at radius 3 is 2.84 bits per heavy atom. The molecule has 2 unspecified atom stereocenters. The normalized spacial score (nSPS) is 26.9. The van der Waals surface area contributed by atoms with Crippen molar-refractivity contribution < 1.29 is 4.39 Å². The van der Waals surface area contributed by atoms with Gasteiger partial charge in [-0.25, -0.2) is 4.39 Å². The summed E-state index contributed by atoms with van der Waals surface area (Å²) < 4.78 is 13.9. The Morgan fingerprint density at radius 1 is 1.32 bits per heavy atom. The Morgan fingerprint density at radius 2 is 2.11 bits per heavy atom. The maximum Gasteiger partial charge on any atom is 0.127 e. The number of nitrogens with one attached hydrogen (secondary N) is 1. The summed E-state index contributed by atoms with van der Waals surface area (Å²) in [5.74, 6) is 0.781. The summed E-state index contributed by atoms with van der Waals surface area (Å²) in [5, 5.41) is 3.66. The molecule has 1 N–H and O–H groups in total. The lowest BCUT2D eigenvalue weighted by Crippen LogP contribution is -2.40. The average molecular weight is 262 g/mol. The van der Waals surface area contributed by atoms with Gasteiger partial charge < -0.3 is 5.32 Å². The number of benzene rings is 1. The third-order valence-electron chi connectivity index (χ3n) is 4.55. The van der Waals surface area contributed by atoms with Gasteiger partial charge in [0.2, 0.25) is 0 Å². The van der Waals surface area contributed by atoms with Crippen molar-refractivity contribution in [2.45, 2.75) is 38.3 Å². The maximum absolute atomic E-state index is 13.9. The average Bonchev–Trinajstić information content (AvgIpc) is 3.24. The van der Waals surface area contributed by atoms with Gasteiger partial charge in [-0.3, -0.25) is 4.90 Å². The minimum Gasteiger partial charge on any atom is -0.312 e. The van der Waals surface area contributed by atoms with Crippen LogP contribution in [0.1, 0.15) is 37.8 Å². The fourth-order valence-electron chi connectivity index (χ4n) is 3.15. The first-order chi connectivity index (χ1) is 9.25. The molecule has 1 saturated carbocycles. The Labute approximate surface area is 115 Å². The molecule has 1 aromatic rings. The second-order valence-electron chi connectivity index (χ2n) is 5.94. The second kappa shape index (κ2) is 5.59. The number of hydrogen-bond acceptors (Lipinski definition) is 2. The second-order valence-corrected chi connectivity index (χ2v) is 5.94. The van der Waals surface area contributed by atoms with E-state index in [1.807, 2.05) is 12.1 Å². The molecule has 3 rings (SSSR count). The summed E-state index contributed by atoms with van der Waals surface area (Å²) in [6, 6.07) is 7.97. The van der Waals surface area contributed by atoms with Crippen LogP contribution in [0.15, 0.2) is 24.3 Å². The Hall–Kier alpha value is -0.930. The molecule has 0 amide bonds. The highest BCUT2D eigenvalue weighted by Crippen LogP contribution is 2.35. The van der Waals surface area contributed by atoms with Crippen molar-refractivity contribution in [3.63, 3.8) is 0 Å². The molecule has 1 aliphatic heterocycles. The number of hydrogen-bond donors (Lipinski definition) is 1. The SMILES string of the molecule is CC(c1ccccc1F)N1CCCNC(C2CC2)C1. The van der Waals surface area contributed by atoms with E-state index >= 15 is 0 Å². The van der Waals surface area contributed by atoms with Crippen LogP contribution in [0.2, 0.25) is 0 Å². The largest absolute Gasteiger partial charge is 0.312 e. The Kier molecular flexibility index (Phi) is 3.85. The quantitative estimate of drug-likeness (QED) is 0.901. The molecule has 19 heavy (non-hydrogen) atoms. The first kappa shape index (κ1) is 13.1. The van der Waals surface area contributed by atoms with Crippen molar-refractivity contribution in [3.8, 4) is 0 Å². The molecule has 104 valence electrons. The van der Waals surface area contributed by atoms with Crippen LogP contribution in [0, 0.1) is 11.7 Å². The van der Waals surface area contributed by atoms with Crippen molar-refractivity contribution in [3.05, 3.63) is 35.6 Å². The molecule has 2 atom stereocenters. The van der Waals surface area contributed by atoms with Crippen molar-refractivity contribution in [2.24, 2.45) is 5.92 Å². The van der Waals surface area contributed by atoms with Gasteiger partial charge in [0, 0.05) is 30.7 Å². The minimum absolute atomic E-state index is 0.0739. The van der Waals surface area contributed by atoms with E-state index in [9.17, 15) is 4.39 Å². The number of rotatable bonds is 3. The molecule has 2 nitrogen and oxygen atoms in total. The molecule has 1 heterocycles. The third kappa shape index (κ3) is 2.98. The first-order valence-corrected chi connectivity index (χ1v) is 7.47. The van der Waals surface area contributed by atoms with Gasteiger partial charge >= 0.3 is 0 Å². The van der Waals surface area contributed by atoms with Crippen molar-refractivity contribution in [1.29, 1.82) is 0 Å². The van der Waals surface area contributed by atoms with E-state index in [0.29, 0.717) is 6.04 Å². The first-order valence-electron chi connectivity index (χ1n) is 7.47. The van der Waals surface area contributed by atoms with Crippen LogP contribution < -0.4 is 5.32 Å². The van der Waals surface area contributed by atoms with E-state index < -0.39 is 0 Å². The summed E-state index contributed by atoms with van der Waals surface area (Å²) in [5.41, 5.74) is 0.832. The lowest BCUT2D eigenvalue weighted by Gasteiger charge is -2.30. The van der Waals surface area contributed by atoms with Gasteiger partial charge in [-0.15, -0.1) is 0 Å². The fraction of sp³-hybridized carbons (Fsp3) is 0.625. The third-order valence-corrected chi connectivity index (χ3v) is 4.55. The zero-order valence-corrected chi connectivity index (χ0v) is 11.6. The van der Waals surface area contributed by atoms with E-state index in [0.717, 1.165) is 37.5 Å². The lowest BCUT2D eigenvalue weighted by atomic mass is 10.0. The zero-order valence-electron chi connectivity index (χ0n) is 11.6. The predicted octanol–water partition coefficient (Wildman–Crippen LogP) is 2.96. The van der Waals surface area contributed by atoms with Crippen LogP contribution in [-0.2, 0) is 0 Å². The molecule has 2 fully saturated rings. The highest BCUT2D eigenvalue weighted by Gasteiger charge is 2.34. The molecule has 0 radical (unpaired) electrons. The standard InChI is InChI=1S/C16H23FN2/c1-12(14-5-2-3-6-15(14)17)19-10-4-9-18-16(11-19)13-7-8-13/h2-3,5-6,12-13,16,18H,4,7-11H2,1H3. The number of nitrogens with zero attached hydrogens (tertiary/aromatic N) is 1. The fourth-order valence-corrected chi connectivity index (χ4v) is 3.15. The summed E-state index contributed by atoms with van der Waals surface area (Å²) in [6.45, 7) is 5.35. The van der Waals surface area contributed by atoms with Crippen LogP contribution in [0.5, 0.6) is 0 Å². The molecular formula is C16H23FN2. The van der Waals surface area contributed by atoms with Gasteiger partial charge in [0.25, 0.3) is 0 Å². The molecule has 1 saturated heterocycles. The highest BCUT2D eigenvalue weighted by molar-refractivity contribution is 5.21. The van der Waals surface area contributed by atoms with Crippen molar-refractivity contribution in [2.75, 3.05) is 19.6 Å². The molecule has 0 spiro atoms. The van der Waals surface area contributed by atoms with E-state index in [2.05, 4.69) is 17.1 Å². The highest BCUT2D eigenvalue weighted by atomic mass is 19.1. The van der Waals surface area contributed by atoms with Crippen LogP contribution >= 0.6 is 0 Å². The monoisotopic (exact) mass is 262 g/mol. The lowest BCUT2D eigenvalue weighted by molar-refractivity contribution is 0.197. The summed E-state index contributed by atoms with van der Waals surface area (Å²) in [7, 11) is 0. The molecule has 3 heteroatoms. The molecule has 1 aromatic carbocycles. The van der Waals surface area contributed by atoms with Crippen LogP contribution in [0.3, 0.4) is 0 Å². The molecular weight excluding hydrogens is 239 g/mol. The topological polar surface area (TPSA) is 15.3 Å². The van der Waals surface area contributed by atoms with E-state index in [4.69, 9.17) is 0 Å². The van der Waals surface area contributed by atoms with Crippen molar-refractivity contribution >= 4 is 0 Å². The van der Waals surface area contributed by atoms with E-state index in [1.54, 1.807) is 12.1 Å². The smallest absolute Gasteiger partial charge is 0.127 e. The summed E-state index contributed by atoms with van der Waals surface area (Å²) >= 11 is 0. The van der Waals surface area contributed by atoms with E-state index in [1.165, 1.54) is 12.8 Å². The maximum atomic E-state index is 13.9. The van der Waals surface area contributed by atoms with Crippen LogP contribution in [0.25, 0.3) is 0 Å². The van der Waals surface area contributed by atoms with Crippen LogP contribution in [-0.4, -0.2) is 30.6 Å². The Bertz CT molecular complexity index is 431. The summed E-state index contributed by atoms with van der Waals surface area (Å²) in [6.07, 6.45) is 3.88. The summed E-state index contributed by atoms with van der Waals surface area (Å²) in [4.78, 5) is 2.45. The molecule has 0 bridgehead atoms. The molecule has 2 aliphatic rings. The van der Waals surface area contributed by atoms with Gasteiger partial charge in [0.1, 0.15) is 5.82 Å². The zero-order chi connectivity index (χ0) is 13.2. The van der Waals surface area contributed by atoms with Gasteiger partial charge in [-0.05, 0) is 44.7 Å². The molecule has 1 aliphatic carbocycles.